The predicted octanol–water partition coefficient (Wildman–Crippen LogP) is 5.16. The Morgan fingerprint density at radius 3 is 2.44 bits per heavy atom. The lowest BCUT2D eigenvalue weighted by Gasteiger charge is -2.10. The van der Waals surface area contributed by atoms with Crippen LogP contribution in [0, 0.1) is 6.92 Å². The summed E-state index contributed by atoms with van der Waals surface area (Å²) >= 11 is 2.50. The molecule has 0 aliphatic carbocycles. The van der Waals surface area contributed by atoms with Gasteiger partial charge in [-0.25, -0.2) is 14.6 Å². The summed E-state index contributed by atoms with van der Waals surface area (Å²) in [5.74, 6) is -1.67. The molecule has 3 aromatic heterocycles. The fourth-order valence-corrected chi connectivity index (χ4v) is 5.12. The van der Waals surface area contributed by atoms with Crippen LogP contribution in [0.4, 0.5) is 5.00 Å². The molecule has 4 rings (SSSR count). The number of nitrogens with one attached hydrogen (secondary N) is 1. The molecular weight excluding hydrogens is 448 g/mol. The number of esters is 2. The monoisotopic (exact) mass is 466 g/mol. The molecule has 0 spiro atoms. The van der Waals surface area contributed by atoms with Crippen LogP contribution < -0.4 is 5.32 Å². The van der Waals surface area contributed by atoms with Gasteiger partial charge in [-0.3, -0.25) is 4.79 Å². The van der Waals surface area contributed by atoms with Gasteiger partial charge in [0.2, 0.25) is 0 Å². The molecule has 0 aliphatic heterocycles. The van der Waals surface area contributed by atoms with Crippen molar-refractivity contribution < 1.29 is 23.9 Å². The van der Waals surface area contributed by atoms with Crippen LogP contribution in [0.15, 0.2) is 47.8 Å². The number of benzene rings is 1. The fourth-order valence-electron chi connectivity index (χ4n) is 3.32. The van der Waals surface area contributed by atoms with Crippen LogP contribution in [-0.2, 0) is 9.47 Å². The highest BCUT2D eigenvalue weighted by molar-refractivity contribution is 7.18. The van der Waals surface area contributed by atoms with E-state index in [9.17, 15) is 14.4 Å². The molecule has 0 saturated carbocycles. The molecule has 3 heterocycles. The van der Waals surface area contributed by atoms with Gasteiger partial charge >= 0.3 is 11.9 Å². The first kappa shape index (κ1) is 21.7. The molecule has 0 radical (unpaired) electrons. The number of ether oxygens (including phenoxy) is 2. The number of methoxy groups -OCH3 is 2. The molecule has 0 aliphatic rings. The third kappa shape index (κ3) is 3.88. The Kier molecular flexibility index (Phi) is 6.02. The SMILES string of the molecule is COC(=O)c1sc(NC(=O)c2cc(-c3cccs3)nc3ccccc23)c(C(=O)OC)c1C. The van der Waals surface area contributed by atoms with Crippen LogP contribution in [0.25, 0.3) is 21.5 Å². The molecule has 0 saturated heterocycles. The molecule has 0 atom stereocenters. The second-order valence-corrected chi connectivity index (χ2v) is 8.72. The number of hydrogen-bond acceptors (Lipinski definition) is 8. The summed E-state index contributed by atoms with van der Waals surface area (Å²) in [5, 5.41) is 5.63. The lowest BCUT2D eigenvalue weighted by atomic mass is 10.1. The van der Waals surface area contributed by atoms with Crippen LogP contribution in [-0.4, -0.2) is 37.0 Å². The van der Waals surface area contributed by atoms with E-state index in [0.29, 0.717) is 27.7 Å². The van der Waals surface area contributed by atoms with Gasteiger partial charge in [-0.15, -0.1) is 22.7 Å². The van der Waals surface area contributed by atoms with E-state index in [0.717, 1.165) is 16.2 Å². The quantitative estimate of drug-likeness (QED) is 0.408. The van der Waals surface area contributed by atoms with Gasteiger partial charge in [0.1, 0.15) is 9.88 Å². The van der Waals surface area contributed by atoms with E-state index in [2.05, 4.69) is 10.3 Å². The summed E-state index contributed by atoms with van der Waals surface area (Å²) < 4.78 is 9.67. The molecule has 1 amide bonds. The average molecular weight is 467 g/mol. The normalized spacial score (nSPS) is 10.7. The highest BCUT2D eigenvalue weighted by atomic mass is 32.1. The minimum Gasteiger partial charge on any atom is -0.465 e. The van der Waals surface area contributed by atoms with Crippen LogP contribution in [0.1, 0.15) is 36.0 Å². The van der Waals surface area contributed by atoms with Gasteiger partial charge in [0.25, 0.3) is 5.91 Å². The number of carbonyl (C=O) groups is 3. The number of hydrogen-bond donors (Lipinski definition) is 1. The summed E-state index contributed by atoms with van der Waals surface area (Å²) in [6.45, 7) is 1.61. The number of aromatic nitrogens is 1. The number of thiophene rings is 2. The van der Waals surface area contributed by atoms with E-state index in [1.54, 1.807) is 13.0 Å². The Hall–Kier alpha value is -3.56. The molecule has 162 valence electrons. The smallest absolute Gasteiger partial charge is 0.348 e. The number of carbonyl (C=O) groups excluding carboxylic acids is 3. The van der Waals surface area contributed by atoms with Crippen LogP contribution in [0.5, 0.6) is 0 Å². The van der Waals surface area contributed by atoms with Crippen molar-refractivity contribution in [2.75, 3.05) is 19.5 Å². The van der Waals surface area contributed by atoms with Crippen LogP contribution >= 0.6 is 22.7 Å². The summed E-state index contributed by atoms with van der Waals surface area (Å²) in [6, 6.07) is 12.9. The minimum atomic E-state index is -0.650. The molecule has 1 aromatic carbocycles. The van der Waals surface area contributed by atoms with Crippen molar-refractivity contribution in [1.29, 1.82) is 0 Å². The maximum atomic E-state index is 13.4. The Labute approximate surface area is 191 Å². The van der Waals surface area contributed by atoms with E-state index in [-0.39, 0.29) is 15.4 Å². The van der Waals surface area contributed by atoms with Gasteiger partial charge in [0, 0.05) is 5.39 Å². The molecule has 9 heteroatoms. The zero-order chi connectivity index (χ0) is 22.8. The number of para-hydroxylation sites is 1. The number of anilines is 1. The fraction of sp³-hybridized carbons (Fsp3) is 0.130. The summed E-state index contributed by atoms with van der Waals surface area (Å²) in [7, 11) is 2.50. The number of fused-ring (bicyclic) bond motifs is 1. The third-order valence-electron chi connectivity index (χ3n) is 4.87. The maximum absolute atomic E-state index is 13.4. The van der Waals surface area contributed by atoms with Gasteiger partial charge in [0.05, 0.1) is 41.4 Å². The number of rotatable bonds is 5. The van der Waals surface area contributed by atoms with Crippen molar-refractivity contribution in [1.82, 2.24) is 4.98 Å². The average Bonchev–Trinajstić information content (AvgIpc) is 3.45. The first-order valence-electron chi connectivity index (χ1n) is 9.49. The van der Waals surface area contributed by atoms with Crippen molar-refractivity contribution >= 4 is 56.4 Å². The third-order valence-corrected chi connectivity index (χ3v) is 6.95. The first-order chi connectivity index (χ1) is 15.4. The Morgan fingerprint density at radius 1 is 1.00 bits per heavy atom. The highest BCUT2D eigenvalue weighted by Gasteiger charge is 2.27. The van der Waals surface area contributed by atoms with E-state index in [1.165, 1.54) is 25.6 Å². The van der Waals surface area contributed by atoms with Crippen LogP contribution in [0.2, 0.25) is 0 Å². The summed E-state index contributed by atoms with van der Waals surface area (Å²) in [6.07, 6.45) is 0. The standard InChI is InChI=1S/C23H18N2O5S2/c1-12-18(22(27)29-2)21(32-19(12)23(28)30-3)25-20(26)14-11-16(17-9-6-10-31-17)24-15-8-5-4-7-13(14)15/h4-11H,1-3H3,(H,25,26). The van der Waals surface area contributed by atoms with Crippen molar-refractivity contribution in [3.8, 4) is 10.6 Å². The largest absolute Gasteiger partial charge is 0.465 e. The second kappa shape index (κ2) is 8.89. The Balaban J connectivity index is 1.81. The summed E-state index contributed by atoms with van der Waals surface area (Å²) in [5.41, 5.74) is 2.27. The lowest BCUT2D eigenvalue weighted by molar-refractivity contribution is 0.0601. The van der Waals surface area contributed by atoms with Gasteiger partial charge in [-0.05, 0) is 36.1 Å². The van der Waals surface area contributed by atoms with E-state index in [4.69, 9.17) is 9.47 Å². The van der Waals surface area contributed by atoms with E-state index < -0.39 is 17.8 Å². The molecular formula is C23H18N2O5S2. The molecule has 32 heavy (non-hydrogen) atoms. The van der Waals surface area contributed by atoms with Crippen molar-refractivity contribution in [2.45, 2.75) is 6.92 Å². The van der Waals surface area contributed by atoms with E-state index in [1.807, 2.05) is 41.8 Å². The minimum absolute atomic E-state index is 0.128. The Morgan fingerprint density at radius 2 is 1.75 bits per heavy atom. The Bertz CT molecular complexity index is 1340. The van der Waals surface area contributed by atoms with Gasteiger partial charge < -0.3 is 14.8 Å². The number of nitrogens with zero attached hydrogens (tertiary/aromatic N) is 1. The van der Waals surface area contributed by atoms with Crippen molar-refractivity contribution in [3.05, 3.63) is 69.4 Å². The maximum Gasteiger partial charge on any atom is 0.348 e. The molecule has 0 bridgehead atoms. The zero-order valence-electron chi connectivity index (χ0n) is 17.4. The van der Waals surface area contributed by atoms with Gasteiger partial charge in [0.15, 0.2) is 0 Å². The van der Waals surface area contributed by atoms with Crippen molar-refractivity contribution in [2.24, 2.45) is 0 Å². The summed E-state index contributed by atoms with van der Waals surface area (Å²) in [4.78, 5) is 43.7. The topological polar surface area (TPSA) is 94.6 Å². The number of pyridine rings is 1. The molecule has 4 aromatic rings. The van der Waals surface area contributed by atoms with Gasteiger partial charge in [-0.2, -0.15) is 0 Å². The second-order valence-electron chi connectivity index (χ2n) is 6.75. The predicted molar refractivity (Wildman–Crippen MR) is 125 cm³/mol. The van der Waals surface area contributed by atoms with Crippen LogP contribution in [0.3, 0.4) is 0 Å². The lowest BCUT2D eigenvalue weighted by Crippen LogP contribution is -2.15. The van der Waals surface area contributed by atoms with Gasteiger partial charge in [-0.1, -0.05) is 24.3 Å². The number of amides is 1. The molecule has 7 nitrogen and oxygen atoms in total. The first-order valence-corrected chi connectivity index (χ1v) is 11.2. The molecule has 0 fully saturated rings. The van der Waals surface area contributed by atoms with E-state index >= 15 is 0 Å². The van der Waals surface area contributed by atoms with Crippen molar-refractivity contribution in [3.63, 3.8) is 0 Å². The molecule has 1 N–H and O–H groups in total. The highest BCUT2D eigenvalue weighted by Crippen LogP contribution is 2.35. The molecule has 0 unspecified atom stereocenters. The zero-order valence-corrected chi connectivity index (χ0v) is 19.1.